The SMILES string of the molecule is CN(CC(=O)Nc1cccc(F)c1)C(=O)CCNS(=O)(=O)c1ccc(F)c(F)c1. The van der Waals surface area contributed by atoms with Crippen molar-refractivity contribution in [3.8, 4) is 0 Å². The van der Waals surface area contributed by atoms with Crippen molar-refractivity contribution in [2.24, 2.45) is 0 Å². The summed E-state index contributed by atoms with van der Waals surface area (Å²) >= 11 is 0. The van der Waals surface area contributed by atoms with E-state index in [4.69, 9.17) is 0 Å². The molecule has 2 amide bonds. The molecule has 0 spiro atoms. The van der Waals surface area contributed by atoms with Crippen molar-refractivity contribution in [2.75, 3.05) is 25.5 Å². The van der Waals surface area contributed by atoms with E-state index in [-0.39, 0.29) is 25.2 Å². The quantitative estimate of drug-likeness (QED) is 0.670. The van der Waals surface area contributed by atoms with Crippen molar-refractivity contribution in [1.82, 2.24) is 9.62 Å². The molecule has 0 aromatic heterocycles. The highest BCUT2D eigenvalue weighted by Crippen LogP contribution is 2.13. The van der Waals surface area contributed by atoms with Crippen LogP contribution in [0.3, 0.4) is 0 Å². The summed E-state index contributed by atoms with van der Waals surface area (Å²) in [6.45, 7) is -0.638. The summed E-state index contributed by atoms with van der Waals surface area (Å²) in [7, 11) is -2.79. The average Bonchev–Trinajstić information content (AvgIpc) is 2.63. The number of amides is 2. The van der Waals surface area contributed by atoms with E-state index in [1.54, 1.807) is 0 Å². The molecule has 0 saturated heterocycles. The fourth-order valence-corrected chi connectivity index (χ4v) is 3.32. The van der Waals surface area contributed by atoms with Gasteiger partial charge in [0.1, 0.15) is 5.82 Å². The van der Waals surface area contributed by atoms with Crippen molar-refractivity contribution in [2.45, 2.75) is 11.3 Å². The zero-order chi connectivity index (χ0) is 21.6. The molecule has 0 aliphatic carbocycles. The molecule has 29 heavy (non-hydrogen) atoms. The molecule has 11 heteroatoms. The van der Waals surface area contributed by atoms with Crippen LogP contribution in [0.2, 0.25) is 0 Å². The second kappa shape index (κ2) is 9.52. The number of carbonyl (C=O) groups excluding carboxylic acids is 2. The zero-order valence-corrected chi connectivity index (χ0v) is 16.1. The molecule has 0 unspecified atom stereocenters. The van der Waals surface area contributed by atoms with Gasteiger partial charge in [-0.2, -0.15) is 0 Å². The lowest BCUT2D eigenvalue weighted by molar-refractivity contribution is -0.133. The molecule has 0 atom stereocenters. The number of nitrogens with zero attached hydrogens (tertiary/aromatic N) is 1. The number of sulfonamides is 1. The predicted molar refractivity (Wildman–Crippen MR) is 98.8 cm³/mol. The van der Waals surface area contributed by atoms with Crippen LogP contribution in [0.15, 0.2) is 47.4 Å². The Morgan fingerprint density at radius 3 is 2.41 bits per heavy atom. The average molecular weight is 429 g/mol. The van der Waals surface area contributed by atoms with Crippen molar-refractivity contribution in [1.29, 1.82) is 0 Å². The molecule has 7 nitrogen and oxygen atoms in total. The van der Waals surface area contributed by atoms with Gasteiger partial charge in [0.25, 0.3) is 0 Å². The van der Waals surface area contributed by atoms with Gasteiger partial charge in [0.2, 0.25) is 21.8 Å². The van der Waals surface area contributed by atoms with Crippen molar-refractivity contribution in [3.05, 3.63) is 59.9 Å². The molecule has 2 N–H and O–H groups in total. The normalized spacial score (nSPS) is 11.2. The number of carbonyl (C=O) groups is 2. The summed E-state index contributed by atoms with van der Waals surface area (Å²) in [5.74, 6) is -4.12. The number of hydrogen-bond acceptors (Lipinski definition) is 4. The Morgan fingerprint density at radius 2 is 1.76 bits per heavy atom. The summed E-state index contributed by atoms with van der Waals surface area (Å²) in [6, 6.07) is 7.34. The summed E-state index contributed by atoms with van der Waals surface area (Å²) in [6.07, 6.45) is -0.271. The summed E-state index contributed by atoms with van der Waals surface area (Å²) in [5, 5.41) is 2.43. The van der Waals surface area contributed by atoms with Crippen LogP contribution in [-0.2, 0) is 19.6 Å². The van der Waals surface area contributed by atoms with E-state index in [1.165, 1.54) is 25.2 Å². The first-order valence-corrected chi connectivity index (χ1v) is 9.81. The first-order chi connectivity index (χ1) is 13.6. The third kappa shape index (κ3) is 6.57. The lowest BCUT2D eigenvalue weighted by Gasteiger charge is -2.17. The zero-order valence-electron chi connectivity index (χ0n) is 15.3. The maximum atomic E-state index is 13.2. The highest BCUT2D eigenvalue weighted by Gasteiger charge is 2.18. The van der Waals surface area contributed by atoms with Crippen LogP contribution in [0.25, 0.3) is 0 Å². The second-order valence-corrected chi connectivity index (χ2v) is 7.80. The molecule has 2 aromatic rings. The topological polar surface area (TPSA) is 95.6 Å². The fourth-order valence-electron chi connectivity index (χ4n) is 2.28. The lowest BCUT2D eigenvalue weighted by Crippen LogP contribution is -2.37. The predicted octanol–water partition coefficient (Wildman–Crippen LogP) is 1.87. The lowest BCUT2D eigenvalue weighted by atomic mass is 10.3. The highest BCUT2D eigenvalue weighted by atomic mass is 32.2. The van der Waals surface area contributed by atoms with Crippen LogP contribution in [0.4, 0.5) is 18.9 Å². The number of anilines is 1. The Bertz CT molecular complexity index is 1020. The van der Waals surface area contributed by atoms with Gasteiger partial charge in [-0.3, -0.25) is 9.59 Å². The molecule has 156 valence electrons. The summed E-state index contributed by atoms with van der Waals surface area (Å²) in [4.78, 5) is 24.5. The minimum absolute atomic E-state index is 0.232. The third-order valence-corrected chi connectivity index (χ3v) is 5.21. The third-order valence-electron chi connectivity index (χ3n) is 3.75. The summed E-state index contributed by atoms with van der Waals surface area (Å²) in [5.41, 5.74) is 0.232. The number of likely N-dealkylation sites (N-methyl/N-ethyl adjacent to an activating group) is 1. The molecule has 0 heterocycles. The summed E-state index contributed by atoms with van der Waals surface area (Å²) < 4.78 is 65.4. The van der Waals surface area contributed by atoms with Gasteiger partial charge in [-0.1, -0.05) is 6.07 Å². The van der Waals surface area contributed by atoms with Crippen LogP contribution in [0, 0.1) is 17.5 Å². The van der Waals surface area contributed by atoms with Crippen molar-refractivity contribution >= 4 is 27.5 Å². The Hall–Kier alpha value is -2.92. The Kier molecular flexibility index (Phi) is 7.35. The first kappa shape index (κ1) is 22.4. The number of rotatable bonds is 8. The van der Waals surface area contributed by atoms with Gasteiger partial charge in [0.15, 0.2) is 11.6 Å². The fraction of sp³-hybridized carbons (Fsp3) is 0.222. The van der Waals surface area contributed by atoms with Crippen molar-refractivity contribution < 1.29 is 31.2 Å². The Morgan fingerprint density at radius 1 is 1.03 bits per heavy atom. The molecule has 0 saturated carbocycles. The van der Waals surface area contributed by atoms with Gasteiger partial charge in [-0.05, 0) is 36.4 Å². The maximum absolute atomic E-state index is 13.2. The minimum Gasteiger partial charge on any atom is -0.336 e. The van der Waals surface area contributed by atoms with E-state index in [2.05, 4.69) is 10.0 Å². The van der Waals surface area contributed by atoms with Gasteiger partial charge in [0, 0.05) is 25.7 Å². The van der Waals surface area contributed by atoms with Crippen molar-refractivity contribution in [3.63, 3.8) is 0 Å². The molecule has 0 aliphatic heterocycles. The Balaban J connectivity index is 1.83. The maximum Gasteiger partial charge on any atom is 0.243 e. The first-order valence-electron chi connectivity index (χ1n) is 8.32. The van der Waals surface area contributed by atoms with Crippen LogP contribution in [0.1, 0.15) is 6.42 Å². The van der Waals surface area contributed by atoms with Gasteiger partial charge in [-0.15, -0.1) is 0 Å². The van der Waals surface area contributed by atoms with Gasteiger partial charge >= 0.3 is 0 Å². The van der Waals surface area contributed by atoms with Gasteiger partial charge < -0.3 is 10.2 Å². The molecular weight excluding hydrogens is 411 g/mol. The molecule has 0 aliphatic rings. The van der Waals surface area contributed by atoms with Crippen LogP contribution in [0.5, 0.6) is 0 Å². The largest absolute Gasteiger partial charge is 0.336 e. The molecule has 2 rings (SSSR count). The number of benzene rings is 2. The van der Waals surface area contributed by atoms with E-state index in [0.29, 0.717) is 12.1 Å². The van der Waals surface area contributed by atoms with Crippen LogP contribution >= 0.6 is 0 Å². The van der Waals surface area contributed by atoms with E-state index in [1.807, 2.05) is 0 Å². The standard InChI is InChI=1S/C18H18F3N3O4S/c1-24(11-17(25)23-13-4-2-3-12(19)9-13)18(26)7-8-22-29(27,28)14-5-6-15(20)16(21)10-14/h2-6,9-10,22H,7-8,11H2,1H3,(H,23,25). The molecule has 2 aromatic carbocycles. The van der Waals surface area contributed by atoms with Gasteiger partial charge in [0.05, 0.1) is 11.4 Å². The van der Waals surface area contributed by atoms with Crippen LogP contribution in [-0.4, -0.2) is 45.3 Å². The molecule has 0 radical (unpaired) electrons. The molecule has 0 fully saturated rings. The smallest absolute Gasteiger partial charge is 0.243 e. The van der Waals surface area contributed by atoms with Gasteiger partial charge in [-0.25, -0.2) is 26.3 Å². The van der Waals surface area contributed by atoms with Crippen LogP contribution < -0.4 is 10.0 Å². The highest BCUT2D eigenvalue weighted by molar-refractivity contribution is 7.89. The van der Waals surface area contributed by atoms with E-state index in [9.17, 15) is 31.2 Å². The van der Waals surface area contributed by atoms with E-state index < -0.39 is 44.2 Å². The molecular formula is C18H18F3N3O4S. The number of halogens is 3. The minimum atomic E-state index is -4.13. The second-order valence-electron chi connectivity index (χ2n) is 6.03. The van der Waals surface area contributed by atoms with E-state index in [0.717, 1.165) is 17.0 Å². The number of nitrogens with one attached hydrogen (secondary N) is 2. The monoisotopic (exact) mass is 429 g/mol. The molecule has 0 bridgehead atoms. The number of hydrogen-bond donors (Lipinski definition) is 2. The Labute approximate surface area is 165 Å². The van der Waals surface area contributed by atoms with E-state index >= 15 is 0 Å².